The van der Waals surface area contributed by atoms with Gasteiger partial charge < -0.3 is 9.26 Å². The molecule has 0 saturated heterocycles. The van der Waals surface area contributed by atoms with Crippen molar-refractivity contribution in [2.24, 2.45) is 0 Å². The third kappa shape index (κ3) is 2.69. The first-order valence-corrected chi connectivity index (χ1v) is 3.99. The fourth-order valence-electron chi connectivity index (χ4n) is 0.628. The predicted molar refractivity (Wildman–Crippen MR) is 44.9 cm³/mol. The van der Waals surface area contributed by atoms with Gasteiger partial charge >= 0.3 is 11.4 Å². The van der Waals surface area contributed by atoms with Crippen LogP contribution in [0.4, 0.5) is 4.79 Å². The summed E-state index contributed by atoms with van der Waals surface area (Å²) in [5.41, 5.74) is -1.26. The van der Waals surface area contributed by atoms with Crippen molar-refractivity contribution in [3.8, 4) is 6.01 Å². The molecule has 0 saturated carbocycles. The highest BCUT2D eigenvalue weighted by molar-refractivity contribution is 6.61. The van der Waals surface area contributed by atoms with Crippen molar-refractivity contribution >= 4 is 17.0 Å². The maximum absolute atomic E-state index is 10.3. The van der Waals surface area contributed by atoms with Gasteiger partial charge in [0.1, 0.15) is 0 Å². The molecule has 0 N–H and O–H groups in total. The number of rotatable bonds is 1. The summed E-state index contributed by atoms with van der Waals surface area (Å²) in [6.45, 7) is 5.69. The van der Waals surface area contributed by atoms with Crippen molar-refractivity contribution in [2.75, 3.05) is 0 Å². The highest BCUT2D eigenvalue weighted by Gasteiger charge is 2.22. The smallest absolute Gasteiger partial charge is 0.376 e. The highest BCUT2D eigenvalue weighted by Crippen LogP contribution is 2.21. The van der Waals surface area contributed by atoms with Gasteiger partial charge in [0.05, 0.1) is 0 Å². The molecule has 0 fully saturated rings. The van der Waals surface area contributed by atoms with E-state index in [0.717, 1.165) is 0 Å². The number of hydrogen-bond donors (Lipinski definition) is 0. The van der Waals surface area contributed by atoms with E-state index in [-0.39, 0.29) is 11.4 Å². The summed E-state index contributed by atoms with van der Waals surface area (Å²) in [7, 11) is 0. The number of hydrogen-bond acceptors (Lipinski definition) is 5. The molecule has 1 rings (SSSR count). The van der Waals surface area contributed by atoms with Gasteiger partial charge in [0.15, 0.2) is 0 Å². The molecule has 72 valence electrons. The Kier molecular flexibility index (Phi) is 2.56. The van der Waals surface area contributed by atoms with Crippen molar-refractivity contribution < 1.29 is 14.1 Å². The van der Waals surface area contributed by atoms with Gasteiger partial charge in [-0.3, -0.25) is 0 Å². The number of aromatic nitrogens is 2. The normalized spacial score (nSPS) is 11.4. The monoisotopic (exact) mass is 204 g/mol. The molecule has 6 heteroatoms. The van der Waals surface area contributed by atoms with E-state index in [4.69, 9.17) is 16.1 Å². The van der Waals surface area contributed by atoms with Crippen molar-refractivity contribution in [1.29, 1.82) is 0 Å². The van der Waals surface area contributed by atoms with Crippen molar-refractivity contribution in [1.82, 2.24) is 10.1 Å². The van der Waals surface area contributed by atoms with E-state index >= 15 is 0 Å². The van der Waals surface area contributed by atoms with E-state index < -0.39 is 5.43 Å². The Morgan fingerprint density at radius 1 is 1.54 bits per heavy atom. The number of carbonyl (C=O) groups is 1. The van der Waals surface area contributed by atoms with Crippen LogP contribution in [0.15, 0.2) is 4.52 Å². The van der Waals surface area contributed by atoms with E-state index in [1.54, 1.807) is 0 Å². The van der Waals surface area contributed by atoms with Gasteiger partial charge in [-0.15, -0.1) is 0 Å². The van der Waals surface area contributed by atoms with Gasteiger partial charge in [-0.1, -0.05) is 20.8 Å². The topological polar surface area (TPSA) is 65.2 Å². The van der Waals surface area contributed by atoms with Gasteiger partial charge in [0.2, 0.25) is 5.89 Å². The Bertz CT molecular complexity index is 316. The summed E-state index contributed by atoms with van der Waals surface area (Å²) < 4.78 is 9.23. The second kappa shape index (κ2) is 3.33. The first-order chi connectivity index (χ1) is 5.89. The van der Waals surface area contributed by atoms with E-state index in [9.17, 15) is 4.79 Å². The Labute approximate surface area is 80.0 Å². The molecule has 0 aromatic carbocycles. The fourth-order valence-corrected chi connectivity index (χ4v) is 0.697. The summed E-state index contributed by atoms with van der Waals surface area (Å²) in [6, 6.07) is -0.162. The molecule has 1 heterocycles. The molecular formula is C7H9ClN2O3. The third-order valence-electron chi connectivity index (χ3n) is 1.22. The van der Waals surface area contributed by atoms with Crippen LogP contribution >= 0.6 is 11.6 Å². The predicted octanol–water partition coefficient (Wildman–Crippen LogP) is 2.10. The van der Waals surface area contributed by atoms with Crippen LogP contribution in [-0.4, -0.2) is 15.6 Å². The van der Waals surface area contributed by atoms with Crippen molar-refractivity contribution in [3.63, 3.8) is 0 Å². The van der Waals surface area contributed by atoms with Crippen LogP contribution in [0.25, 0.3) is 0 Å². The molecule has 0 aliphatic heterocycles. The minimum absolute atomic E-state index is 0.162. The third-order valence-corrected chi connectivity index (χ3v) is 1.30. The lowest BCUT2D eigenvalue weighted by molar-refractivity contribution is 0.219. The molecule has 0 aliphatic carbocycles. The molecule has 0 atom stereocenters. The van der Waals surface area contributed by atoms with Crippen LogP contribution in [0.5, 0.6) is 6.01 Å². The van der Waals surface area contributed by atoms with Gasteiger partial charge in [-0.05, 0) is 5.16 Å². The molecule has 13 heavy (non-hydrogen) atoms. The molecular weight excluding hydrogens is 196 g/mol. The second-order valence-corrected chi connectivity index (χ2v) is 3.78. The number of carbonyl (C=O) groups excluding carboxylic acids is 1. The van der Waals surface area contributed by atoms with Crippen LogP contribution in [0, 0.1) is 0 Å². The summed E-state index contributed by atoms with van der Waals surface area (Å²) in [6.07, 6.45) is 0. The lowest BCUT2D eigenvalue weighted by atomic mass is 9.97. The van der Waals surface area contributed by atoms with Crippen LogP contribution in [0.2, 0.25) is 0 Å². The minimum atomic E-state index is -0.985. The maximum Gasteiger partial charge on any atom is 0.411 e. The van der Waals surface area contributed by atoms with Gasteiger partial charge in [-0.2, -0.15) is 4.98 Å². The minimum Gasteiger partial charge on any atom is -0.376 e. The van der Waals surface area contributed by atoms with Crippen LogP contribution in [0.3, 0.4) is 0 Å². The van der Waals surface area contributed by atoms with Crippen molar-refractivity contribution in [2.45, 2.75) is 26.2 Å². The van der Waals surface area contributed by atoms with Crippen LogP contribution in [-0.2, 0) is 5.41 Å². The SMILES string of the molecule is CC(C)(C)c1nc(OC(=O)Cl)no1. The first kappa shape index (κ1) is 9.98. The van der Waals surface area contributed by atoms with Crippen molar-refractivity contribution in [3.05, 3.63) is 5.89 Å². The molecule has 0 unspecified atom stereocenters. The van der Waals surface area contributed by atoms with Gasteiger partial charge in [0, 0.05) is 17.0 Å². The van der Waals surface area contributed by atoms with E-state index in [1.165, 1.54) is 0 Å². The zero-order chi connectivity index (χ0) is 10.1. The maximum atomic E-state index is 10.3. The molecule has 0 aliphatic rings. The summed E-state index contributed by atoms with van der Waals surface area (Å²) in [5, 5.41) is 3.41. The van der Waals surface area contributed by atoms with E-state index in [0.29, 0.717) is 5.89 Å². The fraction of sp³-hybridized carbons (Fsp3) is 0.571. The highest BCUT2D eigenvalue weighted by atomic mass is 35.5. The van der Waals surface area contributed by atoms with Gasteiger partial charge in [-0.25, -0.2) is 4.79 Å². The summed E-state index contributed by atoms with van der Waals surface area (Å²) >= 11 is 4.95. The second-order valence-electron chi connectivity index (χ2n) is 3.47. The van der Waals surface area contributed by atoms with Gasteiger partial charge in [0.25, 0.3) is 0 Å². The Balaban J connectivity index is 2.81. The quantitative estimate of drug-likeness (QED) is 0.656. The summed E-state index contributed by atoms with van der Waals surface area (Å²) in [4.78, 5) is 14.1. The molecule has 0 amide bonds. The number of ether oxygens (including phenoxy) is 1. The number of nitrogens with zero attached hydrogens (tertiary/aromatic N) is 2. The zero-order valence-corrected chi connectivity index (χ0v) is 8.25. The molecule has 1 aromatic heterocycles. The van der Waals surface area contributed by atoms with E-state index in [2.05, 4.69) is 14.9 Å². The Hall–Kier alpha value is -1.10. The lowest BCUT2D eigenvalue weighted by Gasteiger charge is -2.09. The average molecular weight is 205 g/mol. The largest absolute Gasteiger partial charge is 0.411 e. The van der Waals surface area contributed by atoms with Crippen LogP contribution < -0.4 is 4.74 Å². The number of halogens is 1. The first-order valence-electron chi connectivity index (χ1n) is 3.61. The Morgan fingerprint density at radius 3 is 2.54 bits per heavy atom. The molecule has 0 bridgehead atoms. The molecule has 5 nitrogen and oxygen atoms in total. The van der Waals surface area contributed by atoms with E-state index in [1.807, 2.05) is 20.8 Å². The Morgan fingerprint density at radius 2 is 2.15 bits per heavy atom. The van der Waals surface area contributed by atoms with Crippen LogP contribution in [0.1, 0.15) is 26.7 Å². The molecule has 0 spiro atoms. The standard InChI is InChI=1S/C7H9ClN2O3/c1-7(2,3)4-9-6(10-13-4)12-5(8)11/h1-3H3. The average Bonchev–Trinajstić information content (AvgIpc) is 2.32. The summed E-state index contributed by atoms with van der Waals surface area (Å²) in [5.74, 6) is 0.389. The molecule has 0 radical (unpaired) electrons. The zero-order valence-electron chi connectivity index (χ0n) is 7.50. The molecule has 1 aromatic rings. The lowest BCUT2D eigenvalue weighted by Crippen LogP contribution is -2.11.